The standard InChI is InChI=1S/C38H46O9/c1-29(2)36(40)45-28-12-8-7-11-27-44-33-19-15-31(16-20-33)38(42)47-35-23-21-34(22-24-35)46-37(41)30-13-17-32(18-14-30)43-26-10-6-4-3-5-9-25-39/h13-24,39H,1,3-12,25-28H2,2H3. The molecule has 9 heteroatoms. The first-order chi connectivity index (χ1) is 22.9. The van der Waals surface area contributed by atoms with E-state index in [0.29, 0.717) is 59.5 Å². The van der Waals surface area contributed by atoms with Gasteiger partial charge in [-0.3, -0.25) is 0 Å². The van der Waals surface area contributed by atoms with Crippen molar-refractivity contribution in [1.82, 2.24) is 0 Å². The molecule has 0 atom stereocenters. The summed E-state index contributed by atoms with van der Waals surface area (Å²) in [5, 5.41) is 8.81. The van der Waals surface area contributed by atoms with Gasteiger partial charge in [0.2, 0.25) is 0 Å². The summed E-state index contributed by atoms with van der Waals surface area (Å²) >= 11 is 0. The number of benzene rings is 3. The molecule has 3 rings (SSSR count). The molecule has 0 saturated heterocycles. The van der Waals surface area contributed by atoms with Crippen LogP contribution in [0.15, 0.2) is 84.9 Å². The maximum absolute atomic E-state index is 12.6. The first-order valence-corrected chi connectivity index (χ1v) is 16.3. The van der Waals surface area contributed by atoms with Crippen molar-refractivity contribution in [2.75, 3.05) is 26.4 Å². The van der Waals surface area contributed by atoms with Gasteiger partial charge in [0.25, 0.3) is 0 Å². The van der Waals surface area contributed by atoms with Gasteiger partial charge < -0.3 is 28.8 Å². The number of ether oxygens (including phenoxy) is 5. The van der Waals surface area contributed by atoms with Crippen LogP contribution in [0.5, 0.6) is 23.0 Å². The van der Waals surface area contributed by atoms with Crippen LogP contribution in [0.2, 0.25) is 0 Å². The first-order valence-electron chi connectivity index (χ1n) is 16.3. The Balaban J connectivity index is 1.32. The van der Waals surface area contributed by atoms with Gasteiger partial charge in [0.15, 0.2) is 0 Å². The molecule has 0 aliphatic rings. The predicted octanol–water partition coefficient (Wildman–Crippen LogP) is 7.90. The zero-order chi connectivity index (χ0) is 33.7. The zero-order valence-corrected chi connectivity index (χ0v) is 27.2. The van der Waals surface area contributed by atoms with Crippen molar-refractivity contribution in [2.45, 2.75) is 71.1 Å². The monoisotopic (exact) mass is 646 g/mol. The van der Waals surface area contributed by atoms with E-state index < -0.39 is 11.9 Å². The molecule has 3 aromatic carbocycles. The van der Waals surface area contributed by atoms with Crippen LogP contribution in [0.1, 0.15) is 91.8 Å². The van der Waals surface area contributed by atoms with Crippen LogP contribution < -0.4 is 18.9 Å². The molecular formula is C38H46O9. The fraction of sp³-hybridized carbons (Fsp3) is 0.395. The number of hydrogen-bond acceptors (Lipinski definition) is 9. The molecule has 0 aromatic heterocycles. The number of esters is 3. The SMILES string of the molecule is C=C(C)C(=O)OCCCCCCOc1ccc(C(=O)Oc2ccc(OC(=O)c3ccc(OCCCCCCCCO)cc3)cc2)cc1. The van der Waals surface area contributed by atoms with E-state index in [1.807, 2.05) is 0 Å². The molecule has 0 unspecified atom stereocenters. The molecule has 0 radical (unpaired) electrons. The lowest BCUT2D eigenvalue weighted by Crippen LogP contribution is -2.10. The predicted molar refractivity (Wildman–Crippen MR) is 179 cm³/mol. The van der Waals surface area contributed by atoms with Crippen molar-refractivity contribution < 1.29 is 43.2 Å². The molecular weight excluding hydrogens is 600 g/mol. The maximum Gasteiger partial charge on any atom is 0.343 e. The topological polar surface area (TPSA) is 118 Å². The molecule has 0 bridgehead atoms. The summed E-state index contributed by atoms with van der Waals surface area (Å²) in [5.74, 6) is 0.604. The van der Waals surface area contributed by atoms with Gasteiger partial charge in [-0.05, 0) is 118 Å². The highest BCUT2D eigenvalue weighted by Gasteiger charge is 2.12. The summed E-state index contributed by atoms with van der Waals surface area (Å²) < 4.78 is 27.5. The van der Waals surface area contributed by atoms with Crippen LogP contribution in [0.25, 0.3) is 0 Å². The highest BCUT2D eigenvalue weighted by molar-refractivity contribution is 5.92. The molecule has 0 fully saturated rings. The number of carbonyl (C=O) groups excluding carboxylic acids is 3. The summed E-state index contributed by atoms with van der Waals surface area (Å²) in [6.45, 7) is 6.99. The number of hydrogen-bond donors (Lipinski definition) is 1. The molecule has 0 amide bonds. The highest BCUT2D eigenvalue weighted by Crippen LogP contribution is 2.22. The molecule has 47 heavy (non-hydrogen) atoms. The van der Waals surface area contributed by atoms with Crippen LogP contribution in [-0.2, 0) is 9.53 Å². The molecule has 9 nitrogen and oxygen atoms in total. The van der Waals surface area contributed by atoms with Gasteiger partial charge in [-0.15, -0.1) is 0 Å². The lowest BCUT2D eigenvalue weighted by molar-refractivity contribution is -0.139. The van der Waals surface area contributed by atoms with Gasteiger partial charge in [-0.25, -0.2) is 14.4 Å². The van der Waals surface area contributed by atoms with Crippen molar-refractivity contribution in [3.8, 4) is 23.0 Å². The molecule has 0 aliphatic carbocycles. The van der Waals surface area contributed by atoms with Gasteiger partial charge in [0, 0.05) is 12.2 Å². The number of aliphatic hydroxyl groups excluding tert-OH is 1. The second-order valence-electron chi connectivity index (χ2n) is 11.2. The molecule has 0 spiro atoms. The van der Waals surface area contributed by atoms with E-state index in [4.69, 9.17) is 28.8 Å². The van der Waals surface area contributed by atoms with Crippen molar-refractivity contribution in [2.24, 2.45) is 0 Å². The quantitative estimate of drug-likeness (QED) is 0.0503. The number of aliphatic hydroxyl groups is 1. The van der Waals surface area contributed by atoms with E-state index in [1.54, 1.807) is 79.7 Å². The Morgan fingerprint density at radius 1 is 0.532 bits per heavy atom. The minimum Gasteiger partial charge on any atom is -0.494 e. The Labute approximate surface area is 277 Å². The average Bonchev–Trinajstić information content (AvgIpc) is 3.08. The average molecular weight is 647 g/mol. The molecule has 252 valence electrons. The number of carbonyl (C=O) groups is 3. The van der Waals surface area contributed by atoms with Gasteiger partial charge >= 0.3 is 17.9 Å². The maximum atomic E-state index is 12.6. The Morgan fingerprint density at radius 3 is 1.30 bits per heavy atom. The Kier molecular flexibility index (Phi) is 16.6. The van der Waals surface area contributed by atoms with Crippen LogP contribution >= 0.6 is 0 Å². The van der Waals surface area contributed by atoms with Crippen molar-refractivity contribution in [3.63, 3.8) is 0 Å². The summed E-state index contributed by atoms with van der Waals surface area (Å²) in [7, 11) is 0. The van der Waals surface area contributed by atoms with E-state index in [1.165, 1.54) is 0 Å². The van der Waals surface area contributed by atoms with Gasteiger partial charge in [-0.2, -0.15) is 0 Å². The van der Waals surface area contributed by atoms with Crippen molar-refractivity contribution in [1.29, 1.82) is 0 Å². The van der Waals surface area contributed by atoms with Gasteiger partial charge in [0.05, 0.1) is 30.9 Å². The molecule has 0 aliphatic heterocycles. The third kappa shape index (κ3) is 14.6. The van der Waals surface area contributed by atoms with Crippen LogP contribution in [-0.4, -0.2) is 49.4 Å². The van der Waals surface area contributed by atoms with E-state index in [9.17, 15) is 14.4 Å². The van der Waals surface area contributed by atoms with Crippen molar-refractivity contribution >= 4 is 17.9 Å². The van der Waals surface area contributed by atoms with Crippen molar-refractivity contribution in [3.05, 3.63) is 96.1 Å². The Hall–Kier alpha value is -4.63. The minimum absolute atomic E-state index is 0.259. The molecule has 1 N–H and O–H groups in total. The third-order valence-corrected chi connectivity index (χ3v) is 7.14. The number of unbranched alkanes of at least 4 members (excludes halogenated alkanes) is 8. The second kappa shape index (κ2) is 21.2. The largest absolute Gasteiger partial charge is 0.494 e. The Bertz CT molecular complexity index is 1380. The summed E-state index contributed by atoms with van der Waals surface area (Å²) in [4.78, 5) is 36.5. The zero-order valence-electron chi connectivity index (χ0n) is 27.2. The second-order valence-corrected chi connectivity index (χ2v) is 11.2. The summed E-state index contributed by atoms with van der Waals surface area (Å²) in [5.41, 5.74) is 1.17. The van der Waals surface area contributed by atoms with Gasteiger partial charge in [-0.1, -0.05) is 32.3 Å². The Morgan fingerprint density at radius 2 is 0.894 bits per heavy atom. The molecule has 0 saturated carbocycles. The first kappa shape index (κ1) is 36.8. The van der Waals surface area contributed by atoms with Crippen LogP contribution in [0, 0.1) is 0 Å². The van der Waals surface area contributed by atoms with E-state index in [-0.39, 0.29) is 12.6 Å². The third-order valence-electron chi connectivity index (χ3n) is 7.14. The van der Waals surface area contributed by atoms with Crippen LogP contribution in [0.4, 0.5) is 0 Å². The van der Waals surface area contributed by atoms with Crippen LogP contribution in [0.3, 0.4) is 0 Å². The summed E-state index contributed by atoms with van der Waals surface area (Å²) in [6.07, 6.45) is 9.75. The normalized spacial score (nSPS) is 10.6. The molecule has 0 heterocycles. The van der Waals surface area contributed by atoms with Gasteiger partial charge in [0.1, 0.15) is 23.0 Å². The molecule has 3 aromatic rings. The minimum atomic E-state index is -0.519. The van der Waals surface area contributed by atoms with E-state index >= 15 is 0 Å². The number of rotatable bonds is 22. The van der Waals surface area contributed by atoms with E-state index in [0.717, 1.165) is 64.2 Å². The fourth-order valence-corrected chi connectivity index (χ4v) is 4.43. The fourth-order valence-electron chi connectivity index (χ4n) is 4.43. The lowest BCUT2D eigenvalue weighted by Gasteiger charge is -2.09. The highest BCUT2D eigenvalue weighted by atomic mass is 16.5. The smallest absolute Gasteiger partial charge is 0.343 e. The summed E-state index contributed by atoms with van der Waals surface area (Å²) in [6, 6.07) is 19.8. The van der Waals surface area contributed by atoms with E-state index in [2.05, 4.69) is 6.58 Å². The lowest BCUT2D eigenvalue weighted by atomic mass is 10.1.